The van der Waals surface area contributed by atoms with Crippen molar-refractivity contribution >= 4 is 51.5 Å². The van der Waals surface area contributed by atoms with Gasteiger partial charge in [-0.05, 0) is 55.0 Å². The lowest BCUT2D eigenvalue weighted by Gasteiger charge is -2.18. The molecular formula is C24H19ClN4O5S. The first-order chi connectivity index (χ1) is 16.7. The normalized spacial score (nSPS) is 15.2. The molecule has 3 aromatic rings. The van der Waals surface area contributed by atoms with E-state index in [1.807, 2.05) is 6.07 Å². The first-order valence-corrected chi connectivity index (χ1v) is 11.8. The average Bonchev–Trinajstić information content (AvgIpc) is 3.41. The Kier molecular flexibility index (Phi) is 6.73. The third-order valence-electron chi connectivity index (χ3n) is 5.69. The van der Waals surface area contributed by atoms with Gasteiger partial charge in [0.15, 0.2) is 0 Å². The van der Waals surface area contributed by atoms with E-state index in [0.29, 0.717) is 34.2 Å². The van der Waals surface area contributed by atoms with Crippen LogP contribution in [0.15, 0.2) is 40.3 Å². The maximum absolute atomic E-state index is 12.9. The number of nitrogens with zero attached hydrogens (tertiary/aromatic N) is 2. The molecule has 35 heavy (non-hydrogen) atoms. The van der Waals surface area contributed by atoms with Crippen LogP contribution in [0.25, 0.3) is 17.4 Å². The Labute approximate surface area is 208 Å². The third-order valence-corrected chi connectivity index (χ3v) is 7.18. The van der Waals surface area contributed by atoms with Gasteiger partial charge < -0.3 is 15.5 Å². The molecular weight excluding hydrogens is 492 g/mol. The number of rotatable bonds is 6. The van der Waals surface area contributed by atoms with Crippen LogP contribution in [0.4, 0.5) is 10.7 Å². The van der Waals surface area contributed by atoms with Gasteiger partial charge in [0.2, 0.25) is 0 Å². The fourth-order valence-electron chi connectivity index (χ4n) is 3.95. The zero-order valence-corrected chi connectivity index (χ0v) is 20.0. The lowest BCUT2D eigenvalue weighted by molar-refractivity contribution is -0.384. The van der Waals surface area contributed by atoms with E-state index in [1.54, 1.807) is 12.1 Å². The second kappa shape index (κ2) is 9.74. The molecule has 2 heterocycles. The molecule has 0 aliphatic heterocycles. The SMILES string of the molecule is CC1CCc2c(sc(NC(=O)/C(C#N)=C/c3ccc(-c4ccc(Cl)c([N+](=O)[O-])c4)o3)c2C(N)=O)C1. The zero-order valence-electron chi connectivity index (χ0n) is 18.5. The summed E-state index contributed by atoms with van der Waals surface area (Å²) in [5, 5.41) is 23.7. The second-order valence-corrected chi connectivity index (χ2v) is 9.68. The number of nitrogens with two attached hydrogens (primary N) is 1. The number of nitriles is 1. The topological polar surface area (TPSA) is 152 Å². The molecule has 1 aliphatic rings. The smallest absolute Gasteiger partial charge is 0.288 e. The summed E-state index contributed by atoms with van der Waals surface area (Å²) in [6.07, 6.45) is 3.69. The number of hydrogen-bond donors (Lipinski definition) is 2. The van der Waals surface area contributed by atoms with Gasteiger partial charge >= 0.3 is 0 Å². The number of anilines is 1. The van der Waals surface area contributed by atoms with E-state index in [4.69, 9.17) is 21.8 Å². The highest BCUT2D eigenvalue weighted by Gasteiger charge is 2.28. The highest BCUT2D eigenvalue weighted by Crippen LogP contribution is 2.39. The van der Waals surface area contributed by atoms with Gasteiger partial charge in [-0.3, -0.25) is 19.7 Å². The van der Waals surface area contributed by atoms with E-state index in [9.17, 15) is 25.0 Å². The number of carbonyl (C=O) groups is 2. The van der Waals surface area contributed by atoms with Gasteiger partial charge in [-0.1, -0.05) is 18.5 Å². The predicted molar refractivity (Wildman–Crippen MR) is 132 cm³/mol. The Bertz CT molecular complexity index is 1430. The number of halogens is 1. The molecule has 1 aliphatic carbocycles. The van der Waals surface area contributed by atoms with Gasteiger partial charge in [0.1, 0.15) is 33.2 Å². The summed E-state index contributed by atoms with van der Waals surface area (Å²) in [6, 6.07) is 9.15. The summed E-state index contributed by atoms with van der Waals surface area (Å²) >= 11 is 7.16. The summed E-state index contributed by atoms with van der Waals surface area (Å²) in [5.74, 6) is -0.372. The molecule has 1 aromatic carbocycles. The van der Waals surface area contributed by atoms with Crippen molar-refractivity contribution < 1.29 is 18.9 Å². The molecule has 3 N–H and O–H groups in total. The third kappa shape index (κ3) is 4.96. The highest BCUT2D eigenvalue weighted by molar-refractivity contribution is 7.17. The lowest BCUT2D eigenvalue weighted by Crippen LogP contribution is -2.19. The van der Waals surface area contributed by atoms with Gasteiger partial charge in [-0.25, -0.2) is 0 Å². The number of primary amides is 1. The Morgan fingerprint density at radius 2 is 2.14 bits per heavy atom. The Balaban J connectivity index is 1.59. The first-order valence-electron chi connectivity index (χ1n) is 10.6. The van der Waals surface area contributed by atoms with Gasteiger partial charge in [0.25, 0.3) is 17.5 Å². The molecule has 0 spiro atoms. The van der Waals surface area contributed by atoms with Crippen LogP contribution in [0.2, 0.25) is 5.02 Å². The highest BCUT2D eigenvalue weighted by atomic mass is 35.5. The molecule has 1 atom stereocenters. The molecule has 0 bridgehead atoms. The number of nitro benzene ring substituents is 1. The standard InChI is InChI=1S/C24H19ClN4O5S/c1-12-2-5-16-20(8-12)35-24(21(16)22(27)30)28-23(31)14(11-26)9-15-4-7-19(34-15)13-3-6-17(25)18(10-13)29(32)33/h3-4,6-7,9-10,12H,2,5,8H2,1H3,(H2,27,30)(H,28,31)/b14-9+. The zero-order chi connectivity index (χ0) is 25.3. The molecule has 0 saturated carbocycles. The van der Waals surface area contributed by atoms with E-state index in [0.717, 1.165) is 23.3 Å². The summed E-state index contributed by atoms with van der Waals surface area (Å²) in [5.41, 5.74) is 6.65. The fourth-order valence-corrected chi connectivity index (χ4v) is 5.55. The van der Waals surface area contributed by atoms with Crippen molar-refractivity contribution in [3.63, 3.8) is 0 Å². The number of thiophene rings is 1. The summed E-state index contributed by atoms with van der Waals surface area (Å²) in [4.78, 5) is 36.5. The molecule has 1 unspecified atom stereocenters. The first kappa shape index (κ1) is 24.2. The van der Waals surface area contributed by atoms with Crippen LogP contribution in [-0.4, -0.2) is 16.7 Å². The average molecular weight is 511 g/mol. The predicted octanol–water partition coefficient (Wildman–Crippen LogP) is 5.34. The Morgan fingerprint density at radius 1 is 1.37 bits per heavy atom. The van der Waals surface area contributed by atoms with Crippen LogP contribution >= 0.6 is 22.9 Å². The molecule has 0 radical (unpaired) electrons. The van der Waals surface area contributed by atoms with Crippen molar-refractivity contribution in [2.24, 2.45) is 11.7 Å². The monoisotopic (exact) mass is 510 g/mol. The summed E-state index contributed by atoms with van der Waals surface area (Å²) in [7, 11) is 0. The molecule has 9 nitrogen and oxygen atoms in total. The lowest BCUT2D eigenvalue weighted by atomic mass is 9.88. The van der Waals surface area contributed by atoms with Crippen molar-refractivity contribution in [2.45, 2.75) is 26.2 Å². The van der Waals surface area contributed by atoms with Crippen molar-refractivity contribution in [1.82, 2.24) is 0 Å². The molecule has 178 valence electrons. The minimum absolute atomic E-state index is 0.00564. The largest absolute Gasteiger partial charge is 0.457 e. The molecule has 2 amide bonds. The fraction of sp³-hybridized carbons (Fsp3) is 0.208. The molecule has 0 fully saturated rings. The number of furan rings is 1. The quantitative estimate of drug-likeness (QED) is 0.197. The van der Waals surface area contributed by atoms with Crippen molar-refractivity contribution in [2.75, 3.05) is 5.32 Å². The summed E-state index contributed by atoms with van der Waals surface area (Å²) in [6.45, 7) is 2.13. The van der Waals surface area contributed by atoms with Crippen LogP contribution in [0.1, 0.15) is 39.9 Å². The number of nitro groups is 1. The molecule has 4 rings (SSSR count). The minimum Gasteiger partial charge on any atom is -0.457 e. The molecule has 0 saturated heterocycles. The number of hydrogen-bond acceptors (Lipinski definition) is 7. The van der Waals surface area contributed by atoms with Crippen LogP contribution < -0.4 is 11.1 Å². The van der Waals surface area contributed by atoms with E-state index < -0.39 is 16.7 Å². The van der Waals surface area contributed by atoms with Gasteiger partial charge in [0, 0.05) is 22.6 Å². The minimum atomic E-state index is -0.707. The van der Waals surface area contributed by atoms with Crippen LogP contribution in [0.5, 0.6) is 0 Å². The molecule has 2 aromatic heterocycles. The number of benzene rings is 1. The molecule has 11 heteroatoms. The van der Waals surface area contributed by atoms with E-state index in [1.165, 1.54) is 35.6 Å². The van der Waals surface area contributed by atoms with Crippen LogP contribution in [-0.2, 0) is 17.6 Å². The van der Waals surface area contributed by atoms with Gasteiger partial charge in [-0.15, -0.1) is 11.3 Å². The van der Waals surface area contributed by atoms with E-state index in [-0.39, 0.29) is 22.0 Å². The van der Waals surface area contributed by atoms with Gasteiger partial charge in [0.05, 0.1) is 10.5 Å². The second-order valence-electron chi connectivity index (χ2n) is 8.17. The van der Waals surface area contributed by atoms with Crippen molar-refractivity contribution in [3.05, 3.63) is 72.8 Å². The van der Waals surface area contributed by atoms with E-state index in [2.05, 4.69) is 12.2 Å². The van der Waals surface area contributed by atoms with Crippen molar-refractivity contribution in [3.8, 4) is 17.4 Å². The number of amides is 2. The number of fused-ring (bicyclic) bond motifs is 1. The number of nitrogens with one attached hydrogen (secondary N) is 1. The Morgan fingerprint density at radius 3 is 2.83 bits per heavy atom. The van der Waals surface area contributed by atoms with Crippen molar-refractivity contribution in [1.29, 1.82) is 5.26 Å². The van der Waals surface area contributed by atoms with Gasteiger partial charge in [-0.2, -0.15) is 5.26 Å². The maximum atomic E-state index is 12.9. The van der Waals surface area contributed by atoms with Crippen LogP contribution in [0, 0.1) is 27.4 Å². The van der Waals surface area contributed by atoms with E-state index >= 15 is 0 Å². The van der Waals surface area contributed by atoms with Crippen LogP contribution in [0.3, 0.4) is 0 Å². The summed E-state index contributed by atoms with van der Waals surface area (Å²) < 4.78 is 5.67. The maximum Gasteiger partial charge on any atom is 0.288 e. The number of carbonyl (C=O) groups excluding carboxylic acids is 2. The Hall–Kier alpha value is -3.94.